The zero-order chi connectivity index (χ0) is 12.0. The third-order valence-corrected chi connectivity index (χ3v) is 1.79. The zero-order valence-corrected chi connectivity index (χ0v) is 8.21. The molecule has 0 aliphatic rings. The number of rotatable bonds is 7. The minimum atomic E-state index is -1.25. The Hall–Kier alpha value is -1.63. The maximum Gasteiger partial charge on any atom is 0.320 e. The van der Waals surface area contributed by atoms with Gasteiger partial charge in [-0.15, -0.1) is 0 Å². The van der Waals surface area contributed by atoms with Gasteiger partial charge in [-0.05, 0) is 6.42 Å². The number of carboxylic acids is 3. The number of carbonyl (C=O) groups is 3. The topological polar surface area (TPSA) is 115 Å². The van der Waals surface area contributed by atoms with Gasteiger partial charge in [0.2, 0.25) is 0 Å². The van der Waals surface area contributed by atoms with Gasteiger partial charge in [0.25, 0.3) is 0 Å². The highest BCUT2D eigenvalue weighted by Crippen LogP contribution is 2.04. The van der Waals surface area contributed by atoms with Crippen LogP contribution in [0.4, 0.5) is 0 Å². The summed E-state index contributed by atoms with van der Waals surface area (Å²) in [5.41, 5.74) is 0. The molecule has 0 aromatic heterocycles. The molecule has 1 atom stereocenters. The number of nitrogens with zero attached hydrogens (tertiary/aromatic N) is 1. The van der Waals surface area contributed by atoms with E-state index in [1.54, 1.807) is 6.92 Å². The first kappa shape index (κ1) is 13.4. The molecule has 86 valence electrons. The molecule has 0 spiro atoms. The van der Waals surface area contributed by atoms with Gasteiger partial charge >= 0.3 is 17.9 Å². The van der Waals surface area contributed by atoms with Gasteiger partial charge in [-0.2, -0.15) is 0 Å². The van der Waals surface area contributed by atoms with Crippen molar-refractivity contribution in [2.45, 2.75) is 19.4 Å². The van der Waals surface area contributed by atoms with Crippen molar-refractivity contribution < 1.29 is 29.7 Å². The lowest BCUT2D eigenvalue weighted by Gasteiger charge is -2.24. The van der Waals surface area contributed by atoms with E-state index >= 15 is 0 Å². The van der Waals surface area contributed by atoms with Gasteiger partial charge in [0, 0.05) is 0 Å². The normalized spacial score (nSPS) is 12.4. The third-order valence-electron chi connectivity index (χ3n) is 1.79. The van der Waals surface area contributed by atoms with Crippen LogP contribution in [0.2, 0.25) is 0 Å². The maximum atomic E-state index is 10.7. The fourth-order valence-electron chi connectivity index (χ4n) is 1.21. The van der Waals surface area contributed by atoms with Crippen molar-refractivity contribution in [3.63, 3.8) is 0 Å². The predicted octanol–water partition coefficient (Wildman–Crippen LogP) is -0.679. The van der Waals surface area contributed by atoms with Crippen LogP contribution < -0.4 is 0 Å². The first-order chi connectivity index (χ1) is 6.88. The lowest BCUT2D eigenvalue weighted by Crippen LogP contribution is -2.46. The molecule has 0 heterocycles. The van der Waals surface area contributed by atoms with Crippen molar-refractivity contribution in [3.05, 3.63) is 0 Å². The van der Waals surface area contributed by atoms with Crippen LogP contribution in [0.1, 0.15) is 13.3 Å². The average molecular weight is 219 g/mol. The van der Waals surface area contributed by atoms with Crippen molar-refractivity contribution in [2.24, 2.45) is 0 Å². The smallest absolute Gasteiger partial charge is 0.320 e. The summed E-state index contributed by atoms with van der Waals surface area (Å²) >= 11 is 0. The first-order valence-electron chi connectivity index (χ1n) is 4.28. The van der Waals surface area contributed by atoms with Crippen LogP contribution in [-0.4, -0.2) is 57.3 Å². The van der Waals surface area contributed by atoms with Gasteiger partial charge in [0.05, 0.1) is 13.1 Å². The molecule has 0 aliphatic heterocycles. The predicted molar refractivity (Wildman–Crippen MR) is 48.6 cm³/mol. The van der Waals surface area contributed by atoms with Crippen molar-refractivity contribution in [1.82, 2.24) is 4.90 Å². The molecule has 1 unspecified atom stereocenters. The minimum absolute atomic E-state index is 0.149. The van der Waals surface area contributed by atoms with Gasteiger partial charge in [0.15, 0.2) is 0 Å². The molecule has 0 aromatic carbocycles. The second-order valence-corrected chi connectivity index (χ2v) is 2.95. The summed E-state index contributed by atoms with van der Waals surface area (Å²) in [5.74, 6) is -3.73. The molecule has 7 heteroatoms. The first-order valence-corrected chi connectivity index (χ1v) is 4.28. The molecule has 3 N–H and O–H groups in total. The van der Waals surface area contributed by atoms with E-state index in [-0.39, 0.29) is 6.42 Å². The van der Waals surface area contributed by atoms with Crippen LogP contribution in [0.15, 0.2) is 0 Å². The van der Waals surface area contributed by atoms with E-state index in [9.17, 15) is 14.4 Å². The summed E-state index contributed by atoms with van der Waals surface area (Å²) < 4.78 is 0. The lowest BCUT2D eigenvalue weighted by atomic mass is 10.2. The van der Waals surface area contributed by atoms with E-state index in [0.29, 0.717) is 0 Å². The van der Waals surface area contributed by atoms with Crippen molar-refractivity contribution in [2.75, 3.05) is 13.1 Å². The minimum Gasteiger partial charge on any atom is -0.480 e. The number of aliphatic carboxylic acids is 3. The fourth-order valence-corrected chi connectivity index (χ4v) is 1.21. The Morgan fingerprint density at radius 1 is 1.07 bits per heavy atom. The molecule has 15 heavy (non-hydrogen) atoms. The van der Waals surface area contributed by atoms with Gasteiger partial charge in [-0.25, -0.2) is 0 Å². The lowest BCUT2D eigenvalue weighted by molar-refractivity contribution is -0.149. The molecule has 7 nitrogen and oxygen atoms in total. The largest absolute Gasteiger partial charge is 0.480 e. The monoisotopic (exact) mass is 219 g/mol. The Morgan fingerprint density at radius 2 is 1.47 bits per heavy atom. The standard InChI is InChI=1S/C8H13NO6/c1-2-5(8(14)15)9(3-6(10)11)4-7(12)13/h5H,2-4H2,1H3,(H,10,11)(H,12,13)(H,14,15). The molecule has 0 fully saturated rings. The molecule has 0 radical (unpaired) electrons. The van der Waals surface area contributed by atoms with Crippen LogP contribution in [0, 0.1) is 0 Å². The zero-order valence-electron chi connectivity index (χ0n) is 8.21. The Morgan fingerprint density at radius 3 is 1.67 bits per heavy atom. The molecular formula is C8H13NO6. The Balaban J connectivity index is 4.64. The summed E-state index contributed by atoms with van der Waals surface area (Å²) in [6.45, 7) is 0.351. The fraction of sp³-hybridized carbons (Fsp3) is 0.625. The Kier molecular flexibility index (Phi) is 5.32. The number of hydrogen-bond acceptors (Lipinski definition) is 4. The molecule has 0 amide bonds. The summed E-state index contributed by atoms with van der Waals surface area (Å²) in [4.78, 5) is 32.4. The van der Waals surface area contributed by atoms with Crippen LogP contribution in [0.3, 0.4) is 0 Å². The number of hydrogen-bond donors (Lipinski definition) is 3. The molecule has 0 rings (SSSR count). The van der Waals surface area contributed by atoms with Crippen molar-refractivity contribution >= 4 is 17.9 Å². The van der Waals surface area contributed by atoms with Crippen molar-refractivity contribution in [1.29, 1.82) is 0 Å². The van der Waals surface area contributed by atoms with E-state index in [1.807, 2.05) is 0 Å². The second kappa shape index (κ2) is 5.97. The summed E-state index contributed by atoms with van der Waals surface area (Å²) in [5, 5.41) is 25.7. The Labute approximate surface area is 85.9 Å². The van der Waals surface area contributed by atoms with E-state index in [4.69, 9.17) is 15.3 Å². The van der Waals surface area contributed by atoms with E-state index in [2.05, 4.69) is 0 Å². The van der Waals surface area contributed by atoms with Crippen LogP contribution in [0.5, 0.6) is 0 Å². The van der Waals surface area contributed by atoms with Gasteiger partial charge in [-0.3, -0.25) is 19.3 Å². The highest BCUT2D eigenvalue weighted by molar-refractivity contribution is 5.77. The molecule has 0 saturated carbocycles. The molecule has 0 saturated heterocycles. The van der Waals surface area contributed by atoms with Crippen LogP contribution in [0.25, 0.3) is 0 Å². The highest BCUT2D eigenvalue weighted by Gasteiger charge is 2.27. The summed E-state index contributed by atoms with van der Waals surface area (Å²) in [6, 6.07) is -1.09. The third kappa shape index (κ3) is 4.96. The van der Waals surface area contributed by atoms with Gasteiger partial charge in [-0.1, -0.05) is 6.92 Å². The van der Waals surface area contributed by atoms with Crippen LogP contribution >= 0.6 is 0 Å². The Bertz CT molecular complexity index is 248. The summed E-state index contributed by atoms with van der Waals surface area (Å²) in [7, 11) is 0. The van der Waals surface area contributed by atoms with Gasteiger partial charge < -0.3 is 15.3 Å². The van der Waals surface area contributed by atoms with E-state index < -0.39 is 37.0 Å². The summed E-state index contributed by atoms with van der Waals surface area (Å²) in [6.07, 6.45) is 0.149. The molecule has 0 aliphatic carbocycles. The SMILES string of the molecule is CCC(C(=O)O)N(CC(=O)O)CC(=O)O. The molecule has 0 aromatic rings. The second-order valence-electron chi connectivity index (χ2n) is 2.95. The van der Waals surface area contributed by atoms with Gasteiger partial charge in [0.1, 0.15) is 6.04 Å². The number of carboxylic acid groups (broad SMARTS) is 3. The van der Waals surface area contributed by atoms with Crippen LogP contribution in [-0.2, 0) is 14.4 Å². The van der Waals surface area contributed by atoms with Crippen molar-refractivity contribution in [3.8, 4) is 0 Å². The molecule has 0 bridgehead atoms. The van der Waals surface area contributed by atoms with E-state index in [1.165, 1.54) is 0 Å². The molecular weight excluding hydrogens is 206 g/mol. The quantitative estimate of drug-likeness (QED) is 0.519. The highest BCUT2D eigenvalue weighted by atomic mass is 16.4. The van der Waals surface area contributed by atoms with E-state index in [0.717, 1.165) is 4.90 Å². The average Bonchev–Trinajstić information content (AvgIpc) is 2.01. The maximum absolute atomic E-state index is 10.7.